The zero-order valence-corrected chi connectivity index (χ0v) is 17.4. The van der Waals surface area contributed by atoms with Gasteiger partial charge in [-0.1, -0.05) is 6.07 Å². The molecule has 0 spiro atoms. The van der Waals surface area contributed by atoms with E-state index in [1.807, 2.05) is 0 Å². The van der Waals surface area contributed by atoms with Crippen LogP contribution < -0.4 is 29.4 Å². The second kappa shape index (κ2) is 10.4. The predicted octanol–water partition coefficient (Wildman–Crippen LogP) is 3.10. The van der Waals surface area contributed by atoms with E-state index in [9.17, 15) is 9.00 Å². The van der Waals surface area contributed by atoms with Gasteiger partial charge in [0.25, 0.3) is 0 Å². The molecule has 0 aromatic heterocycles. The molecule has 0 aliphatic heterocycles. The number of nitrogens with two attached hydrogens (primary N) is 1. The quantitative estimate of drug-likeness (QED) is 0.663. The van der Waals surface area contributed by atoms with Crippen LogP contribution in [0.3, 0.4) is 0 Å². The minimum atomic E-state index is -1.36. The number of benzene rings is 2. The highest BCUT2D eigenvalue weighted by Crippen LogP contribution is 2.35. The van der Waals surface area contributed by atoms with Crippen molar-refractivity contribution in [3.63, 3.8) is 0 Å². The summed E-state index contributed by atoms with van der Waals surface area (Å²) in [5.41, 5.74) is 6.38. The Hall–Kier alpha value is -3.20. The lowest BCUT2D eigenvalue weighted by atomic mass is 10.1. The molecule has 0 saturated carbocycles. The maximum absolute atomic E-state index is 12.6. The third-order valence-corrected chi connectivity index (χ3v) is 4.94. The molecule has 29 heavy (non-hydrogen) atoms. The van der Waals surface area contributed by atoms with Crippen LogP contribution in [0, 0.1) is 0 Å². The molecule has 1 unspecified atom stereocenters. The number of rotatable bonds is 9. The van der Waals surface area contributed by atoms with Crippen LogP contribution in [-0.2, 0) is 16.6 Å². The molecular formula is C20H23NO7S. The fourth-order valence-corrected chi connectivity index (χ4v) is 3.44. The van der Waals surface area contributed by atoms with Gasteiger partial charge < -0.3 is 29.4 Å². The number of carbonyl (C=O) groups excluding carboxylic acids is 1. The smallest absolute Gasteiger partial charge is 0.410 e. The first-order valence-electron chi connectivity index (χ1n) is 8.41. The average Bonchev–Trinajstić information content (AvgIpc) is 2.71. The molecule has 156 valence electrons. The van der Waals surface area contributed by atoms with Crippen molar-refractivity contribution in [2.75, 3.05) is 28.4 Å². The van der Waals surface area contributed by atoms with Crippen molar-refractivity contribution in [1.29, 1.82) is 0 Å². The van der Waals surface area contributed by atoms with Gasteiger partial charge in [0.1, 0.15) is 17.2 Å². The highest BCUT2D eigenvalue weighted by molar-refractivity contribution is 7.87. The standard InChI is InChI=1S/C20H23NO7S/c1-24-14-10-17(26-3)15(18(11-14)27-4)7-8-29(23)12-13-5-6-16(25-2)19(9-13)28-20(21)22/h5-11H,12H2,1-4H3,(H2,21,22)/b8-7+. The molecule has 0 heterocycles. The summed E-state index contributed by atoms with van der Waals surface area (Å²) in [6.45, 7) is 0. The summed E-state index contributed by atoms with van der Waals surface area (Å²) in [5, 5.41) is 1.53. The van der Waals surface area contributed by atoms with E-state index in [4.69, 9.17) is 29.4 Å². The zero-order valence-electron chi connectivity index (χ0n) is 16.6. The summed E-state index contributed by atoms with van der Waals surface area (Å²) in [5.74, 6) is 2.33. The van der Waals surface area contributed by atoms with Crippen LogP contribution in [0.2, 0.25) is 0 Å². The Morgan fingerprint density at radius 2 is 1.55 bits per heavy atom. The molecule has 2 aromatic rings. The first-order valence-corrected chi connectivity index (χ1v) is 9.79. The second-order valence-electron chi connectivity index (χ2n) is 5.68. The van der Waals surface area contributed by atoms with Crippen LogP contribution in [-0.4, -0.2) is 38.7 Å². The van der Waals surface area contributed by atoms with Gasteiger partial charge in [-0.2, -0.15) is 0 Å². The van der Waals surface area contributed by atoms with Gasteiger partial charge in [0.15, 0.2) is 11.5 Å². The molecule has 1 atom stereocenters. The number of hydrogen-bond donors (Lipinski definition) is 1. The van der Waals surface area contributed by atoms with Crippen LogP contribution in [0.25, 0.3) is 6.08 Å². The lowest BCUT2D eigenvalue weighted by Gasteiger charge is -2.12. The maximum Gasteiger partial charge on any atom is 0.410 e. The van der Waals surface area contributed by atoms with Gasteiger partial charge >= 0.3 is 6.09 Å². The van der Waals surface area contributed by atoms with Crippen molar-refractivity contribution < 1.29 is 32.7 Å². The maximum atomic E-state index is 12.6. The minimum Gasteiger partial charge on any atom is -0.496 e. The van der Waals surface area contributed by atoms with E-state index < -0.39 is 16.9 Å². The molecule has 1 amide bonds. The van der Waals surface area contributed by atoms with E-state index in [1.54, 1.807) is 43.5 Å². The first kappa shape index (κ1) is 22.1. The summed E-state index contributed by atoms with van der Waals surface area (Å²) < 4.78 is 38.6. The molecule has 2 rings (SSSR count). The molecule has 0 saturated heterocycles. The molecule has 0 aliphatic carbocycles. The van der Waals surface area contributed by atoms with Gasteiger partial charge in [0, 0.05) is 17.5 Å². The minimum absolute atomic E-state index is 0.164. The Morgan fingerprint density at radius 1 is 0.931 bits per heavy atom. The molecule has 0 fully saturated rings. The van der Waals surface area contributed by atoms with Crippen LogP contribution in [0.15, 0.2) is 35.7 Å². The number of primary amides is 1. The summed E-state index contributed by atoms with van der Waals surface area (Å²) in [6.07, 6.45) is 0.706. The van der Waals surface area contributed by atoms with Crippen molar-refractivity contribution in [3.8, 4) is 28.7 Å². The molecular weight excluding hydrogens is 398 g/mol. The van der Waals surface area contributed by atoms with E-state index in [0.29, 0.717) is 34.1 Å². The fourth-order valence-electron chi connectivity index (χ4n) is 2.55. The fraction of sp³-hybridized carbons (Fsp3) is 0.250. The Balaban J connectivity index is 2.23. The van der Waals surface area contributed by atoms with Gasteiger partial charge in [-0.05, 0) is 23.8 Å². The third-order valence-electron chi connectivity index (χ3n) is 3.89. The van der Waals surface area contributed by atoms with E-state index in [-0.39, 0.29) is 11.5 Å². The number of ether oxygens (including phenoxy) is 5. The van der Waals surface area contributed by atoms with E-state index >= 15 is 0 Å². The predicted molar refractivity (Wildman–Crippen MR) is 110 cm³/mol. The molecule has 0 bridgehead atoms. The zero-order chi connectivity index (χ0) is 21.4. The van der Waals surface area contributed by atoms with E-state index in [2.05, 4.69) is 0 Å². The first-order chi connectivity index (χ1) is 13.9. The third kappa shape index (κ3) is 5.89. The van der Waals surface area contributed by atoms with Crippen molar-refractivity contribution in [2.45, 2.75) is 5.75 Å². The molecule has 2 aromatic carbocycles. The summed E-state index contributed by atoms with van der Waals surface area (Å²) in [6, 6.07) is 8.32. The molecule has 0 aliphatic rings. The SMILES string of the molecule is COc1cc(OC)c(/C=C/S(=O)Cc2ccc(OC)c(OC(N)=O)c2)c(OC)c1. The highest BCUT2D eigenvalue weighted by atomic mass is 32.2. The topological polar surface area (TPSA) is 106 Å². The number of methoxy groups -OCH3 is 4. The van der Waals surface area contributed by atoms with Crippen LogP contribution in [0.5, 0.6) is 28.7 Å². The second-order valence-corrected chi connectivity index (χ2v) is 7.00. The van der Waals surface area contributed by atoms with Crippen molar-refractivity contribution >= 4 is 23.0 Å². The van der Waals surface area contributed by atoms with Crippen molar-refractivity contribution in [1.82, 2.24) is 0 Å². The summed E-state index contributed by atoms with van der Waals surface area (Å²) in [7, 11) is 4.68. The van der Waals surface area contributed by atoms with Crippen LogP contribution in [0.4, 0.5) is 4.79 Å². The highest BCUT2D eigenvalue weighted by Gasteiger charge is 2.12. The molecule has 9 heteroatoms. The monoisotopic (exact) mass is 421 g/mol. The lowest BCUT2D eigenvalue weighted by molar-refractivity contribution is 0.208. The Bertz CT molecular complexity index is 902. The number of amides is 1. The summed E-state index contributed by atoms with van der Waals surface area (Å²) >= 11 is 0. The normalized spacial score (nSPS) is 11.7. The number of hydrogen-bond acceptors (Lipinski definition) is 7. The Labute approximate surface area is 171 Å². The molecule has 0 radical (unpaired) electrons. The van der Waals surface area contributed by atoms with E-state index in [1.165, 1.54) is 26.7 Å². The van der Waals surface area contributed by atoms with Gasteiger partial charge in [-0.3, -0.25) is 4.21 Å². The number of carbonyl (C=O) groups is 1. The van der Waals surface area contributed by atoms with Crippen molar-refractivity contribution in [3.05, 3.63) is 46.9 Å². The van der Waals surface area contributed by atoms with Crippen LogP contribution >= 0.6 is 0 Å². The molecule has 8 nitrogen and oxygen atoms in total. The molecule has 2 N–H and O–H groups in total. The van der Waals surface area contributed by atoms with Gasteiger partial charge in [0.2, 0.25) is 0 Å². The average molecular weight is 421 g/mol. The van der Waals surface area contributed by atoms with Crippen molar-refractivity contribution in [2.24, 2.45) is 5.73 Å². The van der Waals surface area contributed by atoms with Gasteiger partial charge in [-0.15, -0.1) is 0 Å². The van der Waals surface area contributed by atoms with Gasteiger partial charge in [-0.25, -0.2) is 4.79 Å². The van der Waals surface area contributed by atoms with Crippen LogP contribution in [0.1, 0.15) is 11.1 Å². The van der Waals surface area contributed by atoms with E-state index in [0.717, 1.165) is 0 Å². The van der Waals surface area contributed by atoms with Gasteiger partial charge in [0.05, 0.1) is 50.6 Å². The largest absolute Gasteiger partial charge is 0.496 e. The summed E-state index contributed by atoms with van der Waals surface area (Å²) in [4.78, 5) is 11.0. The Morgan fingerprint density at radius 3 is 2.07 bits per heavy atom. The Kier molecular flexibility index (Phi) is 7.90. The lowest BCUT2D eigenvalue weighted by Crippen LogP contribution is -2.16.